The van der Waals surface area contributed by atoms with Gasteiger partial charge in [0.2, 0.25) is 0 Å². The molecule has 0 unspecified atom stereocenters. The monoisotopic (exact) mass is 729 g/mol. The van der Waals surface area contributed by atoms with E-state index in [0.717, 1.165) is 48.4 Å². The van der Waals surface area contributed by atoms with Gasteiger partial charge in [-0.3, -0.25) is 9.78 Å². The SMILES string of the molecule is Cc1[c-]c(-c2ccc3ccc(C4CCCC4)cc3n2)cc(C)c1.O=C(C=C(O)C1CCCCC1)C1CCCCC1.[Ir]. The topological polar surface area (TPSA) is 50.2 Å². The number of aryl methyl sites for hydroxylation is 2. The summed E-state index contributed by atoms with van der Waals surface area (Å²) in [5.41, 5.74) is 7.12. The van der Waals surface area contributed by atoms with Crippen LogP contribution in [0.15, 0.2) is 54.3 Å². The molecule has 1 heterocycles. The number of aromatic nitrogens is 1. The van der Waals surface area contributed by atoms with Crippen molar-refractivity contribution < 1.29 is 30.0 Å². The number of aliphatic hydroxyl groups excluding tert-OH is 1. The summed E-state index contributed by atoms with van der Waals surface area (Å²) in [6.07, 6.45) is 18.4. The number of carbonyl (C=O) groups excluding carboxylic acids is 1. The molecule has 3 saturated carbocycles. The summed E-state index contributed by atoms with van der Waals surface area (Å²) in [5.74, 6) is 1.72. The minimum Gasteiger partial charge on any atom is -0.512 e. The molecule has 3 nitrogen and oxygen atoms in total. The Morgan fingerprint density at radius 3 is 2.07 bits per heavy atom. The van der Waals surface area contributed by atoms with E-state index in [0.29, 0.717) is 5.76 Å². The third-order valence-electron chi connectivity index (χ3n) is 9.29. The van der Waals surface area contributed by atoms with Crippen molar-refractivity contribution in [2.24, 2.45) is 11.8 Å². The first-order chi connectivity index (χ1) is 19.5. The molecular formula is C37H46IrNO2-. The fraction of sp³-hybridized carbons (Fsp3) is 0.514. The zero-order valence-corrected chi connectivity index (χ0v) is 27.3. The second kappa shape index (κ2) is 15.3. The number of rotatable bonds is 5. The van der Waals surface area contributed by atoms with Crippen molar-refractivity contribution in [3.05, 3.63) is 77.1 Å². The van der Waals surface area contributed by atoms with E-state index in [-0.39, 0.29) is 37.7 Å². The van der Waals surface area contributed by atoms with Crippen LogP contribution >= 0.6 is 0 Å². The third-order valence-corrected chi connectivity index (χ3v) is 9.29. The van der Waals surface area contributed by atoms with E-state index >= 15 is 0 Å². The normalized spacial score (nSPS) is 18.9. The number of allylic oxidation sites excluding steroid dienone is 2. The molecule has 3 aromatic rings. The first kappa shape index (κ1) is 31.6. The van der Waals surface area contributed by atoms with Gasteiger partial charge in [-0.15, -0.1) is 34.9 Å². The first-order valence-electron chi connectivity index (χ1n) is 15.8. The van der Waals surface area contributed by atoms with Crippen LogP contribution in [0, 0.1) is 31.7 Å². The van der Waals surface area contributed by atoms with Crippen molar-refractivity contribution in [1.82, 2.24) is 4.98 Å². The van der Waals surface area contributed by atoms with E-state index in [1.165, 1.54) is 86.3 Å². The Labute approximate surface area is 260 Å². The number of benzene rings is 2. The summed E-state index contributed by atoms with van der Waals surface area (Å²) < 4.78 is 0. The van der Waals surface area contributed by atoms with Crippen LogP contribution in [-0.4, -0.2) is 15.9 Å². The predicted molar refractivity (Wildman–Crippen MR) is 166 cm³/mol. The molecule has 0 amide bonds. The van der Waals surface area contributed by atoms with Crippen molar-refractivity contribution in [3.63, 3.8) is 0 Å². The summed E-state index contributed by atoms with van der Waals surface area (Å²) in [6, 6.07) is 18.9. The van der Waals surface area contributed by atoms with Gasteiger partial charge in [-0.05, 0) is 67.2 Å². The standard InChI is InChI=1S/C22H22N.C15H24O2.Ir/c1-15-11-16(2)13-20(12-15)21-10-9-18-7-8-19(14-22(18)23-21)17-5-3-4-6-17;16-14(12-7-3-1-4-8-12)11-15(17)13-9-5-2-6-10-13;/h7-12,14,17H,3-6H2,1-2H3;11-13,16H,1-10H2;/q-1;;. The molecule has 0 atom stereocenters. The van der Waals surface area contributed by atoms with Crippen LogP contribution in [0.3, 0.4) is 0 Å². The van der Waals surface area contributed by atoms with Crippen LogP contribution in [0.2, 0.25) is 0 Å². The average Bonchev–Trinajstić information content (AvgIpc) is 3.53. The van der Waals surface area contributed by atoms with E-state index in [2.05, 4.69) is 62.4 Å². The largest absolute Gasteiger partial charge is 0.512 e. The van der Waals surface area contributed by atoms with E-state index in [1.807, 2.05) is 0 Å². The second-order valence-corrected chi connectivity index (χ2v) is 12.5. The van der Waals surface area contributed by atoms with Crippen molar-refractivity contribution in [2.45, 2.75) is 110 Å². The number of fused-ring (bicyclic) bond motifs is 1. The maximum Gasteiger partial charge on any atom is 0.162 e. The molecule has 6 rings (SSSR count). The van der Waals surface area contributed by atoms with Gasteiger partial charge in [0.1, 0.15) is 0 Å². The zero-order chi connectivity index (χ0) is 27.9. The maximum absolute atomic E-state index is 12.0. The Balaban J connectivity index is 0.000000193. The molecule has 1 aromatic heterocycles. The number of carbonyl (C=O) groups is 1. The average molecular weight is 729 g/mol. The zero-order valence-electron chi connectivity index (χ0n) is 24.9. The minimum absolute atomic E-state index is 0. The predicted octanol–water partition coefficient (Wildman–Crippen LogP) is 10.1. The molecule has 1 radical (unpaired) electrons. The fourth-order valence-electron chi connectivity index (χ4n) is 7.00. The van der Waals surface area contributed by atoms with Crippen molar-refractivity contribution in [1.29, 1.82) is 0 Å². The van der Waals surface area contributed by atoms with Crippen LogP contribution in [0.5, 0.6) is 0 Å². The van der Waals surface area contributed by atoms with Gasteiger partial charge < -0.3 is 5.11 Å². The minimum atomic E-state index is 0. The second-order valence-electron chi connectivity index (χ2n) is 12.5. The van der Waals surface area contributed by atoms with Gasteiger partial charge in [-0.1, -0.05) is 89.5 Å². The van der Waals surface area contributed by atoms with E-state index in [1.54, 1.807) is 6.08 Å². The Hall–Kier alpha value is -2.29. The van der Waals surface area contributed by atoms with Crippen molar-refractivity contribution in [2.75, 3.05) is 0 Å². The maximum atomic E-state index is 12.0. The van der Waals surface area contributed by atoms with Crippen LogP contribution in [0.1, 0.15) is 112 Å². The van der Waals surface area contributed by atoms with Gasteiger partial charge in [0.05, 0.1) is 11.3 Å². The smallest absolute Gasteiger partial charge is 0.162 e. The molecule has 0 bridgehead atoms. The first-order valence-corrected chi connectivity index (χ1v) is 15.8. The van der Waals surface area contributed by atoms with Crippen molar-refractivity contribution >= 4 is 16.7 Å². The summed E-state index contributed by atoms with van der Waals surface area (Å²) in [6.45, 7) is 4.22. The van der Waals surface area contributed by atoms with E-state index in [4.69, 9.17) is 4.98 Å². The Morgan fingerprint density at radius 2 is 1.41 bits per heavy atom. The number of nitrogens with zero attached hydrogens (tertiary/aromatic N) is 1. The summed E-state index contributed by atoms with van der Waals surface area (Å²) in [7, 11) is 0. The van der Waals surface area contributed by atoms with E-state index < -0.39 is 0 Å². The Morgan fingerprint density at radius 1 is 0.805 bits per heavy atom. The van der Waals surface area contributed by atoms with Crippen LogP contribution in [-0.2, 0) is 24.9 Å². The molecule has 1 N–H and O–H groups in total. The number of ketones is 1. The van der Waals surface area contributed by atoms with Gasteiger partial charge in [-0.2, -0.15) is 0 Å². The van der Waals surface area contributed by atoms with Gasteiger partial charge in [0.15, 0.2) is 5.78 Å². The quantitative estimate of drug-likeness (QED) is 0.162. The Bertz CT molecular complexity index is 1310. The number of hydrogen-bond acceptors (Lipinski definition) is 3. The molecule has 2 aromatic carbocycles. The molecule has 41 heavy (non-hydrogen) atoms. The third kappa shape index (κ3) is 8.62. The van der Waals surface area contributed by atoms with Crippen LogP contribution in [0.25, 0.3) is 22.2 Å². The number of hydrogen-bond donors (Lipinski definition) is 1. The molecule has 0 saturated heterocycles. The number of pyridine rings is 1. The molecule has 0 aliphatic heterocycles. The molecule has 3 aliphatic carbocycles. The summed E-state index contributed by atoms with van der Waals surface area (Å²) >= 11 is 0. The molecule has 221 valence electrons. The van der Waals surface area contributed by atoms with Crippen LogP contribution in [0.4, 0.5) is 0 Å². The number of aliphatic hydroxyl groups is 1. The molecule has 3 aliphatic rings. The van der Waals surface area contributed by atoms with Gasteiger partial charge in [0, 0.05) is 38.0 Å². The summed E-state index contributed by atoms with van der Waals surface area (Å²) in [5, 5.41) is 11.2. The summed E-state index contributed by atoms with van der Waals surface area (Å²) in [4.78, 5) is 16.9. The Kier molecular flexibility index (Phi) is 11.8. The molecule has 0 spiro atoms. The van der Waals surface area contributed by atoms with Crippen LogP contribution < -0.4 is 0 Å². The van der Waals surface area contributed by atoms with Gasteiger partial charge >= 0.3 is 0 Å². The molecular weight excluding hydrogens is 683 g/mol. The van der Waals surface area contributed by atoms with Gasteiger partial charge in [0.25, 0.3) is 0 Å². The molecule has 4 heteroatoms. The fourth-order valence-corrected chi connectivity index (χ4v) is 7.00. The molecule has 3 fully saturated rings. The van der Waals surface area contributed by atoms with Gasteiger partial charge in [-0.25, -0.2) is 0 Å². The van der Waals surface area contributed by atoms with Crippen molar-refractivity contribution in [3.8, 4) is 11.3 Å². The van der Waals surface area contributed by atoms with E-state index in [9.17, 15) is 9.90 Å².